The Morgan fingerprint density at radius 3 is 2.34 bits per heavy atom. The molecular weight excluding hydrogens is 390 g/mol. The van der Waals surface area contributed by atoms with Gasteiger partial charge in [0.2, 0.25) is 15.9 Å². The van der Waals surface area contributed by atoms with E-state index in [2.05, 4.69) is 34.7 Å². The van der Waals surface area contributed by atoms with Crippen molar-refractivity contribution in [2.24, 2.45) is 0 Å². The summed E-state index contributed by atoms with van der Waals surface area (Å²) in [7, 11) is -3.89. The molecule has 0 spiro atoms. The molecule has 2 aromatic carbocycles. The maximum absolute atomic E-state index is 12.8. The largest absolute Gasteiger partial charge is 0.394 e. The third-order valence-electron chi connectivity index (χ3n) is 5.13. The number of aliphatic hydroxyl groups excluding tert-OH is 1. The van der Waals surface area contributed by atoms with Crippen LogP contribution < -0.4 is 9.62 Å². The molecule has 1 fully saturated rings. The van der Waals surface area contributed by atoms with Crippen molar-refractivity contribution >= 4 is 21.6 Å². The zero-order chi connectivity index (χ0) is 21.0. The molecule has 0 bridgehead atoms. The molecule has 0 radical (unpaired) electrons. The molecule has 3 rings (SSSR count). The fourth-order valence-corrected chi connectivity index (χ4v) is 4.67. The molecule has 156 valence electrons. The van der Waals surface area contributed by atoms with Gasteiger partial charge in [-0.2, -0.15) is 4.72 Å². The van der Waals surface area contributed by atoms with Gasteiger partial charge in [0.1, 0.15) is 6.04 Å². The summed E-state index contributed by atoms with van der Waals surface area (Å²) in [6, 6.07) is 12.9. The average Bonchev–Trinajstić information content (AvgIpc) is 2.74. The Hall–Kier alpha value is -2.42. The SMILES string of the molecule is Cc1ccc(C)c(N2CCN(C(=O)[C@@H](CO)NS(=O)(=O)c3ccccc3)CC2)c1. The molecule has 7 nitrogen and oxygen atoms in total. The second-order valence-electron chi connectivity index (χ2n) is 7.27. The molecule has 1 aliphatic rings. The summed E-state index contributed by atoms with van der Waals surface area (Å²) in [6.45, 7) is 5.76. The van der Waals surface area contributed by atoms with Gasteiger partial charge in [-0.15, -0.1) is 0 Å². The van der Waals surface area contributed by atoms with E-state index in [4.69, 9.17) is 0 Å². The lowest BCUT2D eigenvalue weighted by Gasteiger charge is -2.38. The van der Waals surface area contributed by atoms with Gasteiger partial charge in [0.15, 0.2) is 0 Å². The van der Waals surface area contributed by atoms with Crippen molar-refractivity contribution in [2.75, 3.05) is 37.7 Å². The fraction of sp³-hybridized carbons (Fsp3) is 0.381. The summed E-state index contributed by atoms with van der Waals surface area (Å²) in [5, 5.41) is 9.65. The summed E-state index contributed by atoms with van der Waals surface area (Å²) in [4.78, 5) is 16.7. The van der Waals surface area contributed by atoms with Crippen molar-refractivity contribution < 1.29 is 18.3 Å². The van der Waals surface area contributed by atoms with Crippen molar-refractivity contribution in [3.63, 3.8) is 0 Å². The predicted octanol–water partition coefficient (Wildman–Crippen LogP) is 1.29. The lowest BCUT2D eigenvalue weighted by molar-refractivity contribution is -0.134. The van der Waals surface area contributed by atoms with E-state index in [0.717, 1.165) is 5.69 Å². The Balaban J connectivity index is 1.65. The quantitative estimate of drug-likeness (QED) is 0.739. The maximum Gasteiger partial charge on any atom is 0.243 e. The summed E-state index contributed by atoms with van der Waals surface area (Å²) in [6.07, 6.45) is 0. The van der Waals surface area contributed by atoms with E-state index in [-0.39, 0.29) is 4.90 Å². The van der Waals surface area contributed by atoms with Crippen molar-refractivity contribution in [2.45, 2.75) is 24.8 Å². The minimum absolute atomic E-state index is 0.0611. The molecule has 1 amide bonds. The molecule has 0 unspecified atom stereocenters. The first-order chi connectivity index (χ1) is 13.8. The molecule has 0 aromatic heterocycles. The Morgan fingerprint density at radius 2 is 1.72 bits per heavy atom. The minimum Gasteiger partial charge on any atom is -0.394 e. The lowest BCUT2D eigenvalue weighted by Crippen LogP contribution is -2.56. The molecule has 8 heteroatoms. The predicted molar refractivity (Wildman–Crippen MR) is 112 cm³/mol. The number of benzene rings is 2. The summed E-state index contributed by atoms with van der Waals surface area (Å²) in [5.74, 6) is -0.410. The Morgan fingerprint density at radius 1 is 1.07 bits per heavy atom. The number of rotatable bonds is 6. The van der Waals surface area contributed by atoms with Crippen LogP contribution in [0.3, 0.4) is 0 Å². The van der Waals surface area contributed by atoms with Gasteiger partial charge >= 0.3 is 0 Å². The molecule has 1 saturated heterocycles. The van der Waals surface area contributed by atoms with Crippen molar-refractivity contribution in [3.05, 3.63) is 59.7 Å². The van der Waals surface area contributed by atoms with E-state index >= 15 is 0 Å². The second kappa shape index (κ2) is 8.94. The number of carbonyl (C=O) groups is 1. The smallest absolute Gasteiger partial charge is 0.243 e. The highest BCUT2D eigenvalue weighted by molar-refractivity contribution is 7.89. The molecule has 0 aliphatic carbocycles. The maximum atomic E-state index is 12.8. The topological polar surface area (TPSA) is 89.9 Å². The zero-order valence-corrected chi connectivity index (χ0v) is 17.5. The van der Waals surface area contributed by atoms with Crippen LogP contribution in [0.1, 0.15) is 11.1 Å². The normalized spacial score (nSPS) is 16.0. The van der Waals surface area contributed by atoms with E-state index < -0.39 is 28.6 Å². The zero-order valence-electron chi connectivity index (χ0n) is 16.7. The average molecular weight is 418 g/mol. The number of hydrogen-bond acceptors (Lipinski definition) is 5. The van der Waals surface area contributed by atoms with Gasteiger partial charge < -0.3 is 14.9 Å². The van der Waals surface area contributed by atoms with E-state index in [1.807, 2.05) is 6.92 Å². The van der Waals surface area contributed by atoms with Gasteiger partial charge in [-0.3, -0.25) is 4.79 Å². The van der Waals surface area contributed by atoms with Crippen LogP contribution in [0.15, 0.2) is 53.4 Å². The van der Waals surface area contributed by atoms with Crippen molar-refractivity contribution in [1.82, 2.24) is 9.62 Å². The molecule has 1 heterocycles. The van der Waals surface area contributed by atoms with Gasteiger partial charge in [0, 0.05) is 31.9 Å². The van der Waals surface area contributed by atoms with Crippen molar-refractivity contribution in [1.29, 1.82) is 0 Å². The van der Waals surface area contributed by atoms with Gasteiger partial charge in [0.05, 0.1) is 11.5 Å². The first kappa shape index (κ1) is 21.3. The van der Waals surface area contributed by atoms with Crippen LogP contribution in [-0.2, 0) is 14.8 Å². The van der Waals surface area contributed by atoms with Crippen LogP contribution >= 0.6 is 0 Å². The summed E-state index contributed by atoms with van der Waals surface area (Å²) in [5.41, 5.74) is 3.51. The first-order valence-electron chi connectivity index (χ1n) is 9.61. The van der Waals surface area contributed by atoms with Gasteiger partial charge in [-0.25, -0.2) is 8.42 Å². The second-order valence-corrected chi connectivity index (χ2v) is 8.99. The number of sulfonamides is 1. The van der Waals surface area contributed by atoms with Crippen LogP contribution in [0.2, 0.25) is 0 Å². The van der Waals surface area contributed by atoms with Crippen LogP contribution in [0, 0.1) is 13.8 Å². The molecule has 1 atom stereocenters. The Bertz CT molecular complexity index is 955. The Labute approximate surface area is 172 Å². The number of amides is 1. The van der Waals surface area contributed by atoms with Crippen molar-refractivity contribution in [3.8, 4) is 0 Å². The lowest BCUT2D eigenvalue weighted by atomic mass is 10.1. The van der Waals surface area contributed by atoms with Crippen LogP contribution in [0.4, 0.5) is 5.69 Å². The number of anilines is 1. The molecule has 2 aromatic rings. The van der Waals surface area contributed by atoms with E-state index in [1.54, 1.807) is 23.1 Å². The van der Waals surface area contributed by atoms with E-state index in [1.165, 1.54) is 23.3 Å². The minimum atomic E-state index is -3.89. The fourth-order valence-electron chi connectivity index (χ4n) is 3.47. The highest BCUT2D eigenvalue weighted by Gasteiger charge is 2.31. The number of aryl methyl sites for hydroxylation is 2. The van der Waals surface area contributed by atoms with Crippen LogP contribution in [0.5, 0.6) is 0 Å². The number of carbonyl (C=O) groups excluding carboxylic acids is 1. The third-order valence-corrected chi connectivity index (χ3v) is 6.62. The highest BCUT2D eigenvalue weighted by Crippen LogP contribution is 2.23. The number of nitrogens with one attached hydrogen (secondary N) is 1. The first-order valence-corrected chi connectivity index (χ1v) is 11.1. The third kappa shape index (κ3) is 4.95. The van der Waals surface area contributed by atoms with Gasteiger partial charge in [0.25, 0.3) is 0 Å². The Kier molecular flexibility index (Phi) is 6.56. The molecule has 0 saturated carbocycles. The molecule has 2 N–H and O–H groups in total. The van der Waals surface area contributed by atoms with Gasteiger partial charge in [-0.05, 0) is 43.2 Å². The van der Waals surface area contributed by atoms with Gasteiger partial charge in [-0.1, -0.05) is 30.3 Å². The van der Waals surface area contributed by atoms with Crippen LogP contribution in [0.25, 0.3) is 0 Å². The standard InChI is InChI=1S/C21H27N3O4S/c1-16-8-9-17(2)20(14-16)23-10-12-24(13-11-23)21(26)19(15-25)22-29(27,28)18-6-4-3-5-7-18/h3-9,14,19,22,25H,10-13,15H2,1-2H3/t19-/m1/s1. The molecule has 29 heavy (non-hydrogen) atoms. The number of aliphatic hydroxyl groups is 1. The number of nitrogens with zero attached hydrogens (tertiary/aromatic N) is 2. The van der Waals surface area contributed by atoms with Crippen LogP contribution in [-0.4, -0.2) is 63.2 Å². The van der Waals surface area contributed by atoms with E-state index in [0.29, 0.717) is 26.2 Å². The summed E-state index contributed by atoms with van der Waals surface area (Å²) < 4.78 is 27.3. The highest BCUT2D eigenvalue weighted by atomic mass is 32.2. The summed E-state index contributed by atoms with van der Waals surface area (Å²) >= 11 is 0. The van der Waals surface area contributed by atoms with E-state index in [9.17, 15) is 18.3 Å². The molecular formula is C21H27N3O4S. The molecule has 1 aliphatic heterocycles. The number of hydrogen-bond donors (Lipinski definition) is 2. The monoisotopic (exact) mass is 417 g/mol. The number of piperazine rings is 1.